The minimum absolute atomic E-state index is 0.0675. The summed E-state index contributed by atoms with van der Waals surface area (Å²) < 4.78 is 0. The molecule has 2 heterocycles. The van der Waals surface area contributed by atoms with Crippen LogP contribution in [-0.4, -0.2) is 27.5 Å². The molecule has 2 aromatic rings. The van der Waals surface area contributed by atoms with Crippen LogP contribution in [0.1, 0.15) is 42.6 Å². The summed E-state index contributed by atoms with van der Waals surface area (Å²) in [6, 6.07) is 12.6. The van der Waals surface area contributed by atoms with E-state index >= 15 is 0 Å². The van der Waals surface area contributed by atoms with Crippen LogP contribution in [0.2, 0.25) is 0 Å². The predicted octanol–water partition coefficient (Wildman–Crippen LogP) is 3.19. The molecule has 120 valence electrons. The highest BCUT2D eigenvalue weighted by atomic mass is 16.2. The Kier molecular flexibility index (Phi) is 3.47. The van der Waals surface area contributed by atoms with Crippen molar-refractivity contribution < 1.29 is 4.79 Å². The van der Waals surface area contributed by atoms with E-state index in [2.05, 4.69) is 45.4 Å². The number of fused-ring (bicyclic) bond motifs is 1. The number of hydrogen-bond acceptors (Lipinski definition) is 2. The van der Waals surface area contributed by atoms with Gasteiger partial charge < -0.3 is 4.90 Å². The van der Waals surface area contributed by atoms with E-state index in [9.17, 15) is 4.79 Å². The Bertz CT molecular complexity index is 708. The zero-order valence-corrected chi connectivity index (χ0v) is 13.6. The van der Waals surface area contributed by atoms with Gasteiger partial charge in [-0.3, -0.25) is 9.89 Å². The molecule has 1 amide bonds. The number of rotatable bonds is 3. The van der Waals surface area contributed by atoms with Gasteiger partial charge in [-0.2, -0.15) is 5.10 Å². The van der Waals surface area contributed by atoms with Gasteiger partial charge in [0.15, 0.2) is 0 Å². The number of nitrogens with zero attached hydrogens (tertiary/aromatic N) is 2. The van der Waals surface area contributed by atoms with E-state index in [4.69, 9.17) is 0 Å². The van der Waals surface area contributed by atoms with Crippen molar-refractivity contribution in [3.05, 3.63) is 53.3 Å². The van der Waals surface area contributed by atoms with Crippen molar-refractivity contribution in [1.29, 1.82) is 0 Å². The van der Waals surface area contributed by atoms with Gasteiger partial charge in [0.1, 0.15) is 0 Å². The third-order valence-corrected chi connectivity index (χ3v) is 5.59. The van der Waals surface area contributed by atoms with E-state index in [0.717, 1.165) is 24.4 Å². The second-order valence-electron chi connectivity index (χ2n) is 6.96. The molecule has 2 aliphatic rings. The van der Waals surface area contributed by atoms with Crippen LogP contribution >= 0.6 is 0 Å². The van der Waals surface area contributed by atoms with Crippen molar-refractivity contribution >= 4 is 5.91 Å². The van der Waals surface area contributed by atoms with Crippen LogP contribution in [0.5, 0.6) is 0 Å². The fourth-order valence-corrected chi connectivity index (χ4v) is 4.50. The number of aryl methyl sites for hydroxylation is 1. The lowest BCUT2D eigenvalue weighted by molar-refractivity contribution is -0.166. The molecule has 0 spiro atoms. The Morgan fingerprint density at radius 3 is 2.87 bits per heavy atom. The van der Waals surface area contributed by atoms with Crippen LogP contribution in [0, 0.1) is 12.8 Å². The fraction of sp³-hybridized carbons (Fsp3) is 0.474. The van der Waals surface area contributed by atoms with E-state index in [1.54, 1.807) is 0 Å². The second-order valence-corrected chi connectivity index (χ2v) is 6.96. The Morgan fingerprint density at radius 1 is 1.35 bits per heavy atom. The lowest BCUT2D eigenvalue weighted by atomic mass is 9.61. The third-order valence-electron chi connectivity index (χ3n) is 5.59. The Hall–Kier alpha value is -2.10. The summed E-state index contributed by atoms with van der Waals surface area (Å²) in [6.07, 6.45) is 5.22. The first-order chi connectivity index (χ1) is 11.2. The van der Waals surface area contributed by atoms with Gasteiger partial charge in [-0.15, -0.1) is 0 Å². The van der Waals surface area contributed by atoms with Crippen molar-refractivity contribution in [2.45, 2.75) is 44.6 Å². The molecule has 0 unspecified atom stereocenters. The first-order valence-electron chi connectivity index (χ1n) is 8.57. The summed E-state index contributed by atoms with van der Waals surface area (Å²) in [5.41, 5.74) is 3.09. The first kappa shape index (κ1) is 14.5. The number of carbonyl (C=O) groups excluding carboxylic acids is 1. The molecule has 4 heteroatoms. The molecule has 1 aromatic heterocycles. The van der Waals surface area contributed by atoms with E-state index in [1.165, 1.54) is 24.8 Å². The molecule has 23 heavy (non-hydrogen) atoms. The van der Waals surface area contributed by atoms with Crippen LogP contribution in [0.25, 0.3) is 0 Å². The van der Waals surface area contributed by atoms with Crippen molar-refractivity contribution in [1.82, 2.24) is 15.1 Å². The monoisotopic (exact) mass is 309 g/mol. The topological polar surface area (TPSA) is 49.0 Å². The van der Waals surface area contributed by atoms with Gasteiger partial charge in [0, 0.05) is 18.2 Å². The smallest absolute Gasteiger partial charge is 0.229 e. The van der Waals surface area contributed by atoms with Crippen molar-refractivity contribution in [3.63, 3.8) is 0 Å². The number of H-pyrrole nitrogens is 1. The van der Waals surface area contributed by atoms with Gasteiger partial charge in [-0.25, -0.2) is 0 Å². The molecule has 4 rings (SSSR count). The highest BCUT2D eigenvalue weighted by Gasteiger charge is 2.56. The molecule has 4 nitrogen and oxygen atoms in total. The highest BCUT2D eigenvalue weighted by Crippen LogP contribution is 2.53. The number of carbonyl (C=O) groups is 1. The lowest BCUT2D eigenvalue weighted by Crippen LogP contribution is -2.67. The highest BCUT2D eigenvalue weighted by molar-refractivity contribution is 5.80. The number of nitrogens with one attached hydrogen (secondary N) is 1. The first-order valence-corrected chi connectivity index (χ1v) is 8.57. The van der Waals surface area contributed by atoms with Crippen molar-refractivity contribution in [2.24, 2.45) is 5.92 Å². The molecule has 2 atom stereocenters. The fourth-order valence-electron chi connectivity index (χ4n) is 4.50. The lowest BCUT2D eigenvalue weighted by Gasteiger charge is -2.61. The maximum absolute atomic E-state index is 12.9. The minimum atomic E-state index is -0.0675. The quantitative estimate of drug-likeness (QED) is 0.946. The Labute approximate surface area is 136 Å². The molecule has 1 N–H and O–H groups in total. The van der Waals surface area contributed by atoms with E-state index in [0.29, 0.717) is 12.3 Å². The number of amides is 1. The molecular formula is C19H23N3O. The average molecular weight is 309 g/mol. The van der Waals surface area contributed by atoms with Crippen LogP contribution in [-0.2, 0) is 16.8 Å². The zero-order chi connectivity index (χ0) is 15.9. The van der Waals surface area contributed by atoms with Crippen LogP contribution < -0.4 is 0 Å². The van der Waals surface area contributed by atoms with Gasteiger partial charge in [0.2, 0.25) is 5.91 Å². The average Bonchev–Trinajstić information content (AvgIpc) is 2.94. The summed E-state index contributed by atoms with van der Waals surface area (Å²) >= 11 is 0. The summed E-state index contributed by atoms with van der Waals surface area (Å²) in [7, 11) is 0. The summed E-state index contributed by atoms with van der Waals surface area (Å²) in [5.74, 6) is 0.821. The van der Waals surface area contributed by atoms with Gasteiger partial charge in [-0.05, 0) is 31.4 Å². The normalized spacial score (nSPS) is 26.5. The Balaban J connectivity index is 1.62. The van der Waals surface area contributed by atoms with Gasteiger partial charge in [0.25, 0.3) is 0 Å². The number of likely N-dealkylation sites (tertiary alicyclic amines) is 1. The zero-order valence-electron chi connectivity index (χ0n) is 13.6. The molecule has 0 bridgehead atoms. The van der Waals surface area contributed by atoms with E-state index in [-0.39, 0.29) is 11.4 Å². The van der Waals surface area contributed by atoms with Crippen molar-refractivity contribution in [2.75, 3.05) is 6.54 Å². The summed E-state index contributed by atoms with van der Waals surface area (Å²) in [6.45, 7) is 2.87. The molecule has 1 saturated carbocycles. The predicted molar refractivity (Wildman–Crippen MR) is 88.8 cm³/mol. The van der Waals surface area contributed by atoms with Crippen LogP contribution in [0.4, 0.5) is 0 Å². The molecular weight excluding hydrogens is 286 g/mol. The maximum Gasteiger partial charge on any atom is 0.229 e. The van der Waals surface area contributed by atoms with Gasteiger partial charge in [0.05, 0.1) is 17.7 Å². The molecule has 2 fully saturated rings. The van der Waals surface area contributed by atoms with E-state index in [1.807, 2.05) is 13.0 Å². The molecule has 0 radical (unpaired) electrons. The third kappa shape index (κ3) is 2.28. The van der Waals surface area contributed by atoms with E-state index < -0.39 is 0 Å². The van der Waals surface area contributed by atoms with Crippen molar-refractivity contribution in [3.8, 4) is 0 Å². The molecule has 1 aliphatic heterocycles. The molecule has 1 saturated heterocycles. The Morgan fingerprint density at radius 2 is 2.17 bits per heavy atom. The van der Waals surface area contributed by atoms with Gasteiger partial charge in [-0.1, -0.05) is 43.2 Å². The standard InChI is InChI=1S/C19H23N3O/c1-14-11-17(21-20-14)12-18(23)22-13-16-9-5-6-10-19(16,22)15-7-3-2-4-8-15/h2-4,7-8,11,16H,5-6,9-10,12-13H2,1H3,(H,20,21)/t16-,19+/m0/s1. The largest absolute Gasteiger partial charge is 0.332 e. The number of hydrogen-bond donors (Lipinski definition) is 1. The summed E-state index contributed by atoms with van der Waals surface area (Å²) in [4.78, 5) is 15.0. The number of benzene rings is 1. The maximum atomic E-state index is 12.9. The second kappa shape index (κ2) is 5.52. The number of aromatic amines is 1. The molecule has 1 aliphatic carbocycles. The number of aromatic nitrogens is 2. The SMILES string of the molecule is Cc1cc(CC(=O)N2C[C@@H]3CCCC[C@@]32c2ccccc2)n[nH]1. The minimum Gasteiger partial charge on any atom is -0.332 e. The molecule has 1 aromatic carbocycles. The van der Waals surface area contributed by atoms with Crippen LogP contribution in [0.3, 0.4) is 0 Å². The van der Waals surface area contributed by atoms with Gasteiger partial charge >= 0.3 is 0 Å². The summed E-state index contributed by atoms with van der Waals surface area (Å²) in [5, 5.41) is 7.15. The van der Waals surface area contributed by atoms with Crippen LogP contribution in [0.15, 0.2) is 36.4 Å².